The topological polar surface area (TPSA) is 81.2 Å². The maximum absolute atomic E-state index is 12.3. The number of pyridine rings is 1. The maximum Gasteiger partial charge on any atom is 0.422 e. The minimum atomic E-state index is -4.39. The molecule has 1 aliphatic heterocycles. The van der Waals surface area contributed by atoms with Crippen molar-refractivity contribution in [3.63, 3.8) is 0 Å². The number of halogens is 3. The number of ether oxygens (including phenoxy) is 1. The molecule has 200 valence electrons. The number of nitrogens with zero attached hydrogens (tertiary/aromatic N) is 5. The van der Waals surface area contributed by atoms with E-state index in [0.29, 0.717) is 23.8 Å². The summed E-state index contributed by atoms with van der Waals surface area (Å²) in [6, 6.07) is 12.1. The number of hydrogen-bond donors (Lipinski definition) is 1. The fourth-order valence-electron chi connectivity index (χ4n) is 4.39. The maximum atomic E-state index is 12.3. The van der Waals surface area contributed by atoms with Gasteiger partial charge in [0.25, 0.3) is 5.89 Å². The van der Waals surface area contributed by atoms with Crippen molar-refractivity contribution in [3.05, 3.63) is 66.1 Å². The second kappa shape index (κ2) is 11.3. The second-order valence-corrected chi connectivity index (χ2v) is 9.38. The van der Waals surface area contributed by atoms with E-state index in [1.807, 2.05) is 31.5 Å². The largest absolute Gasteiger partial charge is 0.484 e. The van der Waals surface area contributed by atoms with Crippen LogP contribution in [-0.2, 0) is 6.54 Å². The standard InChI is InChI=1S/C27H29F3N6O2/c1-19-14-22(26-33-25(34-38-26)21-5-7-23(8-6-21)37-18-27(28,29)30)17-36(19)16-20-4-9-24(32-15-20)31-10-13-35-11-2-3-12-35/h4-9,14-15,17H,2-3,10-13,16,18H2,1H3,(H,31,32). The monoisotopic (exact) mass is 526 g/mol. The lowest BCUT2D eigenvalue weighted by molar-refractivity contribution is -0.153. The number of alkyl halides is 3. The molecule has 0 unspecified atom stereocenters. The summed E-state index contributed by atoms with van der Waals surface area (Å²) in [5.74, 6) is 1.68. The molecule has 0 saturated carbocycles. The summed E-state index contributed by atoms with van der Waals surface area (Å²) < 4.78 is 49.3. The van der Waals surface area contributed by atoms with Crippen LogP contribution in [0.1, 0.15) is 24.1 Å². The zero-order chi connectivity index (χ0) is 26.5. The van der Waals surface area contributed by atoms with E-state index in [1.165, 1.54) is 38.1 Å². The summed E-state index contributed by atoms with van der Waals surface area (Å²) in [6.07, 6.45) is 2.02. The van der Waals surface area contributed by atoms with E-state index in [1.54, 1.807) is 12.1 Å². The molecule has 8 nitrogen and oxygen atoms in total. The Morgan fingerprint density at radius 2 is 1.84 bits per heavy atom. The number of anilines is 1. The van der Waals surface area contributed by atoms with Gasteiger partial charge in [-0.25, -0.2) is 4.98 Å². The molecule has 38 heavy (non-hydrogen) atoms. The molecule has 0 bridgehead atoms. The van der Waals surface area contributed by atoms with Gasteiger partial charge in [-0.3, -0.25) is 0 Å². The van der Waals surface area contributed by atoms with Crippen LogP contribution in [0.2, 0.25) is 0 Å². The summed E-state index contributed by atoms with van der Waals surface area (Å²) >= 11 is 0. The molecule has 0 amide bonds. The Bertz CT molecular complexity index is 1330. The van der Waals surface area contributed by atoms with E-state index < -0.39 is 12.8 Å². The van der Waals surface area contributed by atoms with Gasteiger partial charge in [0, 0.05) is 43.3 Å². The van der Waals surface area contributed by atoms with Gasteiger partial charge in [0.1, 0.15) is 11.6 Å². The van der Waals surface area contributed by atoms with Gasteiger partial charge in [-0.05, 0) is 74.8 Å². The lowest BCUT2D eigenvalue weighted by atomic mass is 10.2. The van der Waals surface area contributed by atoms with Gasteiger partial charge in [0.2, 0.25) is 5.82 Å². The minimum absolute atomic E-state index is 0.114. The van der Waals surface area contributed by atoms with Crippen LogP contribution in [0.25, 0.3) is 22.8 Å². The van der Waals surface area contributed by atoms with Gasteiger partial charge in [-0.15, -0.1) is 0 Å². The van der Waals surface area contributed by atoms with Gasteiger partial charge in [0.15, 0.2) is 6.61 Å². The third-order valence-electron chi connectivity index (χ3n) is 6.41. The van der Waals surface area contributed by atoms with Crippen LogP contribution in [0.4, 0.5) is 19.0 Å². The number of hydrogen-bond acceptors (Lipinski definition) is 7. The van der Waals surface area contributed by atoms with Crippen molar-refractivity contribution in [1.82, 2.24) is 24.6 Å². The molecule has 0 radical (unpaired) electrons. The molecule has 5 rings (SSSR count). The molecule has 0 spiro atoms. The summed E-state index contributed by atoms with van der Waals surface area (Å²) in [6.45, 7) is 5.60. The quantitative estimate of drug-likeness (QED) is 0.296. The summed E-state index contributed by atoms with van der Waals surface area (Å²) in [5.41, 5.74) is 3.48. The van der Waals surface area contributed by atoms with Crippen molar-refractivity contribution in [2.75, 3.05) is 38.1 Å². The molecule has 3 aromatic heterocycles. The van der Waals surface area contributed by atoms with Crippen molar-refractivity contribution in [2.24, 2.45) is 0 Å². The van der Waals surface area contributed by atoms with Crippen LogP contribution in [-0.4, -0.2) is 63.6 Å². The lowest BCUT2D eigenvalue weighted by Crippen LogP contribution is -2.26. The molecule has 1 N–H and O–H groups in total. The summed E-state index contributed by atoms with van der Waals surface area (Å²) in [7, 11) is 0. The predicted octanol–water partition coefficient (Wildman–Crippen LogP) is 5.41. The SMILES string of the molecule is Cc1cc(-c2nc(-c3ccc(OCC(F)(F)F)cc3)no2)cn1Cc1ccc(NCCN2CCCC2)nc1. The minimum Gasteiger partial charge on any atom is -0.484 e. The fraction of sp³-hybridized carbons (Fsp3) is 0.370. The van der Waals surface area contributed by atoms with Crippen molar-refractivity contribution in [3.8, 4) is 28.6 Å². The highest BCUT2D eigenvalue weighted by Gasteiger charge is 2.28. The van der Waals surface area contributed by atoms with Crippen LogP contribution in [0.5, 0.6) is 5.75 Å². The van der Waals surface area contributed by atoms with E-state index in [0.717, 1.165) is 35.7 Å². The first-order valence-corrected chi connectivity index (χ1v) is 12.5. The molecule has 4 heterocycles. The Morgan fingerprint density at radius 1 is 1.05 bits per heavy atom. The van der Waals surface area contributed by atoms with Crippen LogP contribution >= 0.6 is 0 Å². The van der Waals surface area contributed by atoms with Gasteiger partial charge >= 0.3 is 6.18 Å². The highest BCUT2D eigenvalue weighted by atomic mass is 19.4. The first-order chi connectivity index (χ1) is 18.3. The van der Waals surface area contributed by atoms with Gasteiger partial charge in [0.05, 0.1) is 5.56 Å². The predicted molar refractivity (Wildman–Crippen MR) is 137 cm³/mol. The third kappa shape index (κ3) is 6.71. The van der Waals surface area contributed by atoms with E-state index in [4.69, 9.17) is 9.26 Å². The smallest absolute Gasteiger partial charge is 0.422 e. The van der Waals surface area contributed by atoms with Crippen LogP contribution < -0.4 is 10.1 Å². The molecule has 0 aliphatic carbocycles. The van der Waals surface area contributed by atoms with E-state index in [2.05, 4.69) is 36.0 Å². The third-order valence-corrected chi connectivity index (χ3v) is 6.41. The lowest BCUT2D eigenvalue weighted by Gasteiger charge is -2.15. The Balaban J connectivity index is 1.18. The zero-order valence-electron chi connectivity index (χ0n) is 21.0. The Kier molecular flexibility index (Phi) is 7.64. The highest BCUT2D eigenvalue weighted by molar-refractivity contribution is 5.60. The second-order valence-electron chi connectivity index (χ2n) is 9.38. The van der Waals surface area contributed by atoms with Gasteiger partial charge in [-0.1, -0.05) is 11.2 Å². The molecule has 1 aliphatic rings. The number of aromatic nitrogens is 4. The van der Waals surface area contributed by atoms with Crippen molar-refractivity contribution in [1.29, 1.82) is 0 Å². The molecular weight excluding hydrogens is 497 g/mol. The van der Waals surface area contributed by atoms with Crippen LogP contribution in [0.3, 0.4) is 0 Å². The molecular formula is C27H29F3N6O2. The van der Waals surface area contributed by atoms with E-state index in [9.17, 15) is 13.2 Å². The first-order valence-electron chi connectivity index (χ1n) is 12.5. The van der Waals surface area contributed by atoms with E-state index >= 15 is 0 Å². The molecule has 0 atom stereocenters. The molecule has 11 heteroatoms. The molecule has 1 fully saturated rings. The fourth-order valence-corrected chi connectivity index (χ4v) is 4.39. The molecule has 4 aromatic rings. The number of rotatable bonds is 10. The number of benzene rings is 1. The van der Waals surface area contributed by atoms with Gasteiger partial charge < -0.3 is 24.0 Å². The normalized spacial score (nSPS) is 14.2. The van der Waals surface area contributed by atoms with Crippen molar-refractivity contribution >= 4 is 5.82 Å². The average molecular weight is 527 g/mol. The first kappa shape index (κ1) is 25.8. The number of likely N-dealkylation sites (tertiary alicyclic amines) is 1. The summed E-state index contributed by atoms with van der Waals surface area (Å²) in [5, 5.41) is 7.42. The van der Waals surface area contributed by atoms with Crippen molar-refractivity contribution in [2.45, 2.75) is 32.5 Å². The van der Waals surface area contributed by atoms with Crippen LogP contribution in [0, 0.1) is 6.92 Å². The zero-order valence-corrected chi connectivity index (χ0v) is 21.0. The van der Waals surface area contributed by atoms with E-state index in [-0.39, 0.29) is 5.75 Å². The summed E-state index contributed by atoms with van der Waals surface area (Å²) in [4.78, 5) is 11.5. The Morgan fingerprint density at radius 3 is 2.55 bits per heavy atom. The Hall–Kier alpha value is -3.86. The molecule has 1 aromatic carbocycles. The average Bonchev–Trinajstić information content (AvgIpc) is 3.66. The highest BCUT2D eigenvalue weighted by Crippen LogP contribution is 2.26. The van der Waals surface area contributed by atoms with Crippen molar-refractivity contribution < 1.29 is 22.4 Å². The van der Waals surface area contributed by atoms with Gasteiger partial charge in [-0.2, -0.15) is 18.2 Å². The molecule has 1 saturated heterocycles. The number of nitrogens with one attached hydrogen (secondary N) is 1. The Labute approximate surface area is 218 Å². The number of aryl methyl sites for hydroxylation is 1. The van der Waals surface area contributed by atoms with Crippen LogP contribution in [0.15, 0.2) is 59.4 Å².